The number of rotatable bonds is 5. The van der Waals surface area contributed by atoms with Crippen LogP contribution < -0.4 is 4.18 Å². The van der Waals surface area contributed by atoms with Gasteiger partial charge in [-0.3, -0.25) is 0 Å². The number of azide groups is 1. The molecule has 1 rings (SSSR count). The maximum absolute atomic E-state index is 12.6. The van der Waals surface area contributed by atoms with E-state index in [0.29, 0.717) is 0 Å². The van der Waals surface area contributed by atoms with Crippen LogP contribution in [0.25, 0.3) is 10.4 Å². The zero-order valence-electron chi connectivity index (χ0n) is 10.5. The van der Waals surface area contributed by atoms with Crippen molar-refractivity contribution in [2.24, 2.45) is 5.11 Å². The van der Waals surface area contributed by atoms with Crippen LogP contribution in [0.15, 0.2) is 11.2 Å². The van der Waals surface area contributed by atoms with E-state index >= 15 is 0 Å². The molecule has 0 aliphatic heterocycles. The lowest BCUT2D eigenvalue weighted by Gasteiger charge is -2.13. The van der Waals surface area contributed by atoms with Crippen LogP contribution in [0.1, 0.15) is 27.0 Å². The van der Waals surface area contributed by atoms with E-state index in [4.69, 9.17) is 10.6 Å². The number of carboxylic acid groups (broad SMARTS) is 1. The normalized spacial score (nSPS) is 10.8. The first-order valence-corrected chi connectivity index (χ1v) is 6.49. The predicted molar refractivity (Wildman–Crippen MR) is 66.4 cm³/mol. The number of hydrogen-bond donors (Lipinski definition) is 1. The van der Waals surface area contributed by atoms with Gasteiger partial charge in [-0.15, -0.1) is 0 Å². The second-order valence-corrected chi connectivity index (χ2v) is 4.78. The van der Waals surface area contributed by atoms with Crippen LogP contribution in [0.2, 0.25) is 0 Å². The second kappa shape index (κ2) is 5.76. The molecule has 1 aromatic rings. The molecule has 20 heavy (non-hydrogen) atoms. The Morgan fingerprint density at radius 3 is 2.55 bits per heavy atom. The Labute approximate surface area is 113 Å². The van der Waals surface area contributed by atoms with E-state index in [1.54, 1.807) is 0 Å². The van der Waals surface area contributed by atoms with Crippen LogP contribution in [0.5, 0.6) is 5.75 Å². The summed E-state index contributed by atoms with van der Waals surface area (Å²) in [5.41, 5.74) is 8.50. The standard InChI is InChI=1S/C10H10FN3O5S/c1-5-7(4-13-14-12)3-8(19-20(11,17)18)6(2)9(5)10(15)16/h3H,4H2,1-2H3,(H,15,16). The van der Waals surface area contributed by atoms with Gasteiger partial charge in [-0.05, 0) is 36.6 Å². The predicted octanol–water partition coefficient (Wildman–Crippen LogP) is 2.41. The van der Waals surface area contributed by atoms with E-state index < -0.39 is 22.2 Å². The molecule has 0 spiro atoms. The van der Waals surface area contributed by atoms with E-state index in [2.05, 4.69) is 14.2 Å². The molecule has 1 aromatic carbocycles. The molecule has 108 valence electrons. The fourth-order valence-corrected chi connectivity index (χ4v) is 2.11. The molecule has 0 aliphatic rings. The lowest BCUT2D eigenvalue weighted by molar-refractivity contribution is 0.0694. The van der Waals surface area contributed by atoms with Gasteiger partial charge in [-0.1, -0.05) is 9.00 Å². The lowest BCUT2D eigenvalue weighted by Crippen LogP contribution is -2.10. The third kappa shape index (κ3) is 3.59. The first kappa shape index (κ1) is 15.7. The highest BCUT2D eigenvalue weighted by Crippen LogP contribution is 2.30. The van der Waals surface area contributed by atoms with E-state index in [9.17, 15) is 17.1 Å². The largest absolute Gasteiger partial charge is 0.488 e. The summed E-state index contributed by atoms with van der Waals surface area (Å²) >= 11 is 0. The Kier molecular flexibility index (Phi) is 4.53. The van der Waals surface area contributed by atoms with Crippen molar-refractivity contribution in [3.8, 4) is 5.75 Å². The summed E-state index contributed by atoms with van der Waals surface area (Å²) in [6.07, 6.45) is 0. The van der Waals surface area contributed by atoms with Gasteiger partial charge >= 0.3 is 16.5 Å². The molecular formula is C10H10FN3O5S. The van der Waals surface area contributed by atoms with Crippen LogP contribution in [0.4, 0.5) is 3.89 Å². The maximum Gasteiger partial charge on any atom is 0.488 e. The molecule has 0 fully saturated rings. The number of aromatic carboxylic acids is 1. The molecule has 0 bridgehead atoms. The van der Waals surface area contributed by atoms with Crippen LogP contribution >= 0.6 is 0 Å². The quantitative estimate of drug-likeness (QED) is 0.386. The van der Waals surface area contributed by atoms with Gasteiger partial charge in [0.1, 0.15) is 5.75 Å². The van der Waals surface area contributed by atoms with E-state index in [1.807, 2.05) is 0 Å². The van der Waals surface area contributed by atoms with E-state index in [0.717, 1.165) is 6.07 Å². The number of carboxylic acids is 1. The number of halogens is 1. The summed E-state index contributed by atoms with van der Waals surface area (Å²) < 4.78 is 37.8. The number of carbonyl (C=O) groups is 1. The summed E-state index contributed by atoms with van der Waals surface area (Å²) in [4.78, 5) is 13.7. The van der Waals surface area contributed by atoms with Gasteiger partial charge in [0.15, 0.2) is 0 Å². The average molecular weight is 303 g/mol. The Hall–Kier alpha value is -2.32. The Balaban J connectivity index is 3.56. The van der Waals surface area contributed by atoms with Crippen molar-refractivity contribution in [2.45, 2.75) is 20.4 Å². The molecule has 0 saturated carbocycles. The number of benzene rings is 1. The molecule has 0 radical (unpaired) electrons. The highest BCUT2D eigenvalue weighted by atomic mass is 32.3. The minimum absolute atomic E-state index is 0.0408. The van der Waals surface area contributed by atoms with Crippen molar-refractivity contribution in [2.75, 3.05) is 0 Å². The van der Waals surface area contributed by atoms with Gasteiger partial charge in [0.2, 0.25) is 0 Å². The molecule has 0 unspecified atom stereocenters. The molecule has 0 aliphatic carbocycles. The summed E-state index contributed by atoms with van der Waals surface area (Å²) in [6, 6.07) is 1.13. The average Bonchev–Trinajstić information content (AvgIpc) is 2.29. The van der Waals surface area contributed by atoms with Crippen LogP contribution in [-0.4, -0.2) is 19.5 Å². The van der Waals surface area contributed by atoms with Gasteiger partial charge < -0.3 is 9.29 Å². The van der Waals surface area contributed by atoms with Crippen molar-refractivity contribution < 1.29 is 26.4 Å². The van der Waals surface area contributed by atoms with Gasteiger partial charge in [-0.25, -0.2) is 4.79 Å². The van der Waals surface area contributed by atoms with Crippen molar-refractivity contribution in [3.05, 3.63) is 38.8 Å². The smallest absolute Gasteiger partial charge is 0.478 e. The molecule has 0 aromatic heterocycles. The zero-order valence-corrected chi connectivity index (χ0v) is 11.3. The molecular weight excluding hydrogens is 293 g/mol. The summed E-state index contributed by atoms with van der Waals surface area (Å²) in [6.45, 7) is 2.53. The summed E-state index contributed by atoms with van der Waals surface area (Å²) in [5.74, 6) is -1.79. The highest BCUT2D eigenvalue weighted by Gasteiger charge is 2.21. The van der Waals surface area contributed by atoms with Gasteiger partial charge in [-0.2, -0.15) is 8.42 Å². The zero-order chi connectivity index (χ0) is 15.5. The Morgan fingerprint density at radius 1 is 1.50 bits per heavy atom. The van der Waals surface area contributed by atoms with Gasteiger partial charge in [0.25, 0.3) is 0 Å². The van der Waals surface area contributed by atoms with Gasteiger partial charge in [0, 0.05) is 10.5 Å². The molecule has 0 amide bonds. The summed E-state index contributed by atoms with van der Waals surface area (Å²) in [7, 11) is -5.29. The minimum Gasteiger partial charge on any atom is -0.478 e. The van der Waals surface area contributed by atoms with Crippen molar-refractivity contribution in [1.82, 2.24) is 0 Å². The third-order valence-corrected chi connectivity index (χ3v) is 2.99. The van der Waals surface area contributed by atoms with Crippen molar-refractivity contribution in [3.63, 3.8) is 0 Å². The molecule has 8 nitrogen and oxygen atoms in total. The topological polar surface area (TPSA) is 129 Å². The SMILES string of the molecule is Cc1c(CN=[N+]=[N-])cc(OS(=O)(=O)F)c(C)c1C(=O)O. The highest BCUT2D eigenvalue weighted by molar-refractivity contribution is 7.81. The van der Waals surface area contributed by atoms with Crippen molar-refractivity contribution >= 4 is 16.5 Å². The molecule has 1 N–H and O–H groups in total. The lowest BCUT2D eigenvalue weighted by atomic mass is 9.97. The first-order chi connectivity index (χ1) is 9.17. The molecule has 0 saturated heterocycles. The van der Waals surface area contributed by atoms with Gasteiger partial charge in [0.05, 0.1) is 12.1 Å². The first-order valence-electron chi connectivity index (χ1n) is 5.18. The Bertz CT molecular complexity index is 710. The fourth-order valence-electron chi connectivity index (χ4n) is 1.73. The summed E-state index contributed by atoms with van der Waals surface area (Å²) in [5, 5.41) is 12.4. The fraction of sp³-hybridized carbons (Fsp3) is 0.300. The van der Waals surface area contributed by atoms with Crippen LogP contribution in [0, 0.1) is 13.8 Å². The third-order valence-electron chi connectivity index (χ3n) is 2.61. The van der Waals surface area contributed by atoms with Crippen molar-refractivity contribution in [1.29, 1.82) is 0 Å². The molecule has 10 heteroatoms. The van der Waals surface area contributed by atoms with Crippen LogP contribution in [-0.2, 0) is 17.0 Å². The second-order valence-electron chi connectivity index (χ2n) is 3.83. The number of hydrogen-bond acceptors (Lipinski definition) is 5. The minimum atomic E-state index is -5.29. The van der Waals surface area contributed by atoms with E-state index in [1.165, 1.54) is 13.8 Å². The van der Waals surface area contributed by atoms with E-state index in [-0.39, 0.29) is 28.8 Å². The Morgan fingerprint density at radius 2 is 2.10 bits per heavy atom. The molecule has 0 atom stereocenters. The molecule has 0 heterocycles. The van der Waals surface area contributed by atoms with Crippen LogP contribution in [0.3, 0.4) is 0 Å². The number of nitrogens with zero attached hydrogens (tertiary/aromatic N) is 3. The maximum atomic E-state index is 12.6. The monoisotopic (exact) mass is 303 g/mol.